The van der Waals surface area contributed by atoms with Crippen LogP contribution in [0.3, 0.4) is 0 Å². The van der Waals surface area contributed by atoms with Gasteiger partial charge in [0.05, 0.1) is 18.8 Å². The molecule has 36 heavy (non-hydrogen) atoms. The molecular formula is C28H30N4O3S. The summed E-state index contributed by atoms with van der Waals surface area (Å²) in [4.78, 5) is 4.24. The maximum absolute atomic E-state index is 9.46. The molecule has 186 valence electrons. The van der Waals surface area contributed by atoms with Crippen LogP contribution in [0.4, 0.5) is 0 Å². The average molecular weight is 503 g/mol. The normalized spacial score (nSPS) is 22.0. The molecule has 0 spiro atoms. The zero-order chi connectivity index (χ0) is 24.9. The van der Waals surface area contributed by atoms with Gasteiger partial charge < -0.3 is 20.3 Å². The van der Waals surface area contributed by atoms with Gasteiger partial charge in [-0.25, -0.2) is 4.98 Å². The van der Waals surface area contributed by atoms with Gasteiger partial charge in [-0.05, 0) is 39.9 Å². The van der Waals surface area contributed by atoms with Crippen LogP contribution >= 0.6 is 11.8 Å². The molecule has 0 saturated carbocycles. The number of benzene rings is 3. The molecule has 0 bridgehead atoms. The minimum Gasteiger partial charge on any atom is -0.392 e. The van der Waals surface area contributed by atoms with Gasteiger partial charge in [0.2, 0.25) is 0 Å². The van der Waals surface area contributed by atoms with Crippen LogP contribution in [0.1, 0.15) is 41.6 Å². The second-order valence-electron chi connectivity index (χ2n) is 8.95. The highest BCUT2D eigenvalue weighted by Gasteiger charge is 2.38. The molecule has 1 aromatic heterocycles. The summed E-state index contributed by atoms with van der Waals surface area (Å²) in [6.07, 6.45) is 0.740. The van der Waals surface area contributed by atoms with Gasteiger partial charge in [-0.1, -0.05) is 79.3 Å². The molecule has 1 saturated heterocycles. The van der Waals surface area contributed by atoms with E-state index in [1.54, 1.807) is 11.8 Å². The molecule has 1 aliphatic rings. The summed E-state index contributed by atoms with van der Waals surface area (Å²) in [5.41, 5.74) is 12.0. The zero-order valence-corrected chi connectivity index (χ0v) is 20.9. The lowest BCUT2D eigenvalue weighted by atomic mass is 9.91. The van der Waals surface area contributed by atoms with E-state index in [1.807, 2.05) is 48.5 Å². The first kappa shape index (κ1) is 24.7. The zero-order valence-electron chi connectivity index (χ0n) is 20.1. The Hall–Kier alpha value is -3.01. The number of nitrogens with one attached hydrogen (secondary N) is 1. The molecule has 0 amide bonds. The van der Waals surface area contributed by atoms with Crippen LogP contribution in [0.2, 0.25) is 0 Å². The van der Waals surface area contributed by atoms with Crippen LogP contribution in [-0.4, -0.2) is 32.1 Å². The van der Waals surface area contributed by atoms with E-state index in [0.29, 0.717) is 12.3 Å². The number of nitrogens with two attached hydrogens (primary N) is 1. The minimum absolute atomic E-state index is 0.0156. The highest BCUT2D eigenvalue weighted by atomic mass is 32.2. The van der Waals surface area contributed by atoms with Crippen molar-refractivity contribution in [2.75, 3.05) is 5.75 Å². The van der Waals surface area contributed by atoms with Crippen molar-refractivity contribution in [3.63, 3.8) is 0 Å². The lowest BCUT2D eigenvalue weighted by molar-refractivity contribution is -0.268. The SMILES string of the molecule is CC1C(CSc2ncn[nH]2)OC(c2cccc(-c3cccc(CN)c3)c2)OC1c1ccc(CO)cc1. The summed E-state index contributed by atoms with van der Waals surface area (Å²) in [7, 11) is 0. The third-order valence-electron chi connectivity index (χ3n) is 6.56. The van der Waals surface area contributed by atoms with E-state index in [4.69, 9.17) is 15.2 Å². The predicted octanol–water partition coefficient (Wildman–Crippen LogP) is 5.01. The van der Waals surface area contributed by atoms with Crippen LogP contribution < -0.4 is 5.73 Å². The van der Waals surface area contributed by atoms with Crippen molar-refractivity contribution in [2.45, 2.75) is 43.7 Å². The van der Waals surface area contributed by atoms with Crippen LogP contribution in [0.5, 0.6) is 0 Å². The Morgan fingerprint density at radius 3 is 2.44 bits per heavy atom. The molecule has 5 rings (SSSR count). The van der Waals surface area contributed by atoms with E-state index in [2.05, 4.69) is 46.4 Å². The van der Waals surface area contributed by atoms with E-state index < -0.39 is 6.29 Å². The number of thioether (sulfide) groups is 1. The van der Waals surface area contributed by atoms with E-state index in [9.17, 15) is 5.11 Å². The van der Waals surface area contributed by atoms with E-state index >= 15 is 0 Å². The second-order valence-corrected chi connectivity index (χ2v) is 9.96. The molecule has 2 heterocycles. The fourth-order valence-electron chi connectivity index (χ4n) is 4.48. The fourth-order valence-corrected chi connectivity index (χ4v) is 5.42. The number of aromatic nitrogens is 3. The van der Waals surface area contributed by atoms with Gasteiger partial charge in [0.1, 0.15) is 6.33 Å². The van der Waals surface area contributed by atoms with Gasteiger partial charge >= 0.3 is 0 Å². The van der Waals surface area contributed by atoms with Crippen molar-refractivity contribution in [3.05, 3.63) is 101 Å². The second kappa shape index (κ2) is 11.4. The first-order valence-electron chi connectivity index (χ1n) is 12.0. The number of hydrogen-bond donors (Lipinski definition) is 3. The van der Waals surface area contributed by atoms with Gasteiger partial charge in [0, 0.05) is 23.8 Å². The number of aliphatic hydroxyl groups is 1. The van der Waals surface area contributed by atoms with Gasteiger partial charge in [-0.15, -0.1) is 0 Å². The maximum Gasteiger partial charge on any atom is 0.184 e. The summed E-state index contributed by atoms with van der Waals surface area (Å²) in [5, 5.41) is 17.1. The summed E-state index contributed by atoms with van der Waals surface area (Å²) in [5.74, 6) is 0.806. The Kier molecular flexibility index (Phi) is 7.79. The quantitative estimate of drug-likeness (QED) is 0.291. The third kappa shape index (κ3) is 5.53. The Balaban J connectivity index is 1.44. The van der Waals surface area contributed by atoms with Crippen LogP contribution in [0.15, 0.2) is 84.3 Å². The van der Waals surface area contributed by atoms with Crippen molar-refractivity contribution >= 4 is 11.8 Å². The van der Waals surface area contributed by atoms with Crippen molar-refractivity contribution in [1.29, 1.82) is 0 Å². The molecule has 7 nitrogen and oxygen atoms in total. The lowest BCUT2D eigenvalue weighted by Crippen LogP contribution is -2.38. The summed E-state index contributed by atoms with van der Waals surface area (Å²) in [6, 6.07) is 24.5. The van der Waals surface area contributed by atoms with Crippen molar-refractivity contribution in [2.24, 2.45) is 11.7 Å². The Morgan fingerprint density at radius 2 is 1.72 bits per heavy atom. The Labute approximate surface area is 215 Å². The molecule has 0 radical (unpaired) electrons. The van der Waals surface area contributed by atoms with Gasteiger partial charge in [0.25, 0.3) is 0 Å². The topological polar surface area (TPSA) is 106 Å². The molecule has 1 fully saturated rings. The van der Waals surface area contributed by atoms with Gasteiger partial charge in [-0.3, -0.25) is 5.10 Å². The number of ether oxygens (including phenoxy) is 2. The van der Waals surface area contributed by atoms with Crippen molar-refractivity contribution < 1.29 is 14.6 Å². The highest BCUT2D eigenvalue weighted by molar-refractivity contribution is 7.99. The molecular weight excluding hydrogens is 472 g/mol. The summed E-state index contributed by atoms with van der Waals surface area (Å²) >= 11 is 1.59. The Morgan fingerprint density at radius 1 is 0.944 bits per heavy atom. The van der Waals surface area contributed by atoms with E-state index in [-0.39, 0.29) is 24.7 Å². The number of rotatable bonds is 8. The maximum atomic E-state index is 9.46. The first-order valence-corrected chi connectivity index (χ1v) is 13.0. The highest BCUT2D eigenvalue weighted by Crippen LogP contribution is 2.43. The lowest BCUT2D eigenvalue weighted by Gasteiger charge is -2.41. The van der Waals surface area contributed by atoms with E-state index in [0.717, 1.165) is 38.5 Å². The molecule has 4 unspecified atom stereocenters. The molecule has 1 aliphatic heterocycles. The fraction of sp³-hybridized carbons (Fsp3) is 0.286. The first-order chi connectivity index (χ1) is 17.6. The number of aromatic amines is 1. The summed E-state index contributed by atoms with van der Waals surface area (Å²) < 4.78 is 13.1. The number of H-pyrrole nitrogens is 1. The monoisotopic (exact) mass is 502 g/mol. The van der Waals surface area contributed by atoms with Crippen LogP contribution in [0.25, 0.3) is 11.1 Å². The van der Waals surface area contributed by atoms with Crippen LogP contribution in [0, 0.1) is 5.92 Å². The predicted molar refractivity (Wildman–Crippen MR) is 140 cm³/mol. The van der Waals surface area contributed by atoms with Gasteiger partial charge in [0.15, 0.2) is 11.4 Å². The number of nitrogens with zero attached hydrogens (tertiary/aromatic N) is 2. The standard InChI is InChI=1S/C28H30N4O3S/c1-18-25(16-36-28-30-17-31-32-28)34-27(35-26(18)21-10-8-19(15-33)9-11-21)24-7-3-6-23(13-24)22-5-2-4-20(12-22)14-29/h2-13,17-18,25-27,33H,14-16,29H2,1H3,(H,30,31,32). The molecule has 0 aliphatic carbocycles. The van der Waals surface area contributed by atoms with E-state index in [1.165, 1.54) is 6.33 Å². The number of aliphatic hydroxyl groups excluding tert-OH is 1. The molecule has 8 heteroatoms. The number of hydrogen-bond acceptors (Lipinski definition) is 7. The average Bonchev–Trinajstić information content (AvgIpc) is 3.46. The largest absolute Gasteiger partial charge is 0.392 e. The molecule has 4 atom stereocenters. The van der Waals surface area contributed by atoms with Crippen molar-refractivity contribution in [3.8, 4) is 11.1 Å². The third-order valence-corrected chi connectivity index (χ3v) is 7.52. The summed E-state index contributed by atoms with van der Waals surface area (Å²) in [6.45, 7) is 2.67. The Bertz CT molecular complexity index is 1270. The van der Waals surface area contributed by atoms with Crippen LogP contribution in [-0.2, 0) is 22.6 Å². The minimum atomic E-state index is -0.526. The molecule has 4 aromatic rings. The smallest absolute Gasteiger partial charge is 0.184 e. The van der Waals surface area contributed by atoms with Gasteiger partial charge in [-0.2, -0.15) is 5.10 Å². The molecule has 3 aromatic carbocycles. The van der Waals surface area contributed by atoms with Crippen molar-refractivity contribution in [1.82, 2.24) is 15.2 Å². The molecule has 4 N–H and O–H groups in total.